The number of benzene rings is 1. The second-order valence-corrected chi connectivity index (χ2v) is 6.24. The van der Waals surface area contributed by atoms with Gasteiger partial charge in [-0.1, -0.05) is 18.5 Å². The van der Waals surface area contributed by atoms with Gasteiger partial charge < -0.3 is 10.6 Å². The average Bonchev–Trinajstić information content (AvgIpc) is 2.79. The molecule has 1 heterocycles. The summed E-state index contributed by atoms with van der Waals surface area (Å²) in [4.78, 5) is 24.3. The zero-order valence-corrected chi connectivity index (χ0v) is 15.7. The Hall–Kier alpha value is -2.28. The number of rotatable bonds is 2. The molecule has 0 aliphatic carbocycles. The van der Waals surface area contributed by atoms with E-state index >= 15 is 0 Å². The zero-order valence-electron chi connectivity index (χ0n) is 14.9. The Bertz CT molecular complexity index is 688. The molecule has 1 aliphatic heterocycles. The molecule has 2 rings (SSSR count). The van der Waals surface area contributed by atoms with Gasteiger partial charge in [0.15, 0.2) is 0 Å². The van der Waals surface area contributed by atoms with Crippen molar-refractivity contribution in [2.75, 3.05) is 32.1 Å². The molecule has 0 spiro atoms. The minimum Gasteiger partial charge on any atom is -0.351 e. The molecule has 136 valence electrons. The van der Waals surface area contributed by atoms with E-state index < -0.39 is 6.03 Å². The number of aliphatic imine (C=N–C) groups is 2. The summed E-state index contributed by atoms with van der Waals surface area (Å²) in [5, 5.41) is 3.77. The highest BCUT2D eigenvalue weighted by atomic mass is 35.5. The van der Waals surface area contributed by atoms with Crippen LogP contribution >= 0.6 is 11.6 Å². The molecule has 0 aromatic heterocycles. The first-order valence-corrected chi connectivity index (χ1v) is 8.73. The summed E-state index contributed by atoms with van der Waals surface area (Å²) in [5.74, 6) is 1.01. The smallest absolute Gasteiger partial charge is 0.326 e. The highest BCUT2D eigenvalue weighted by molar-refractivity contribution is 6.31. The highest BCUT2D eigenvalue weighted by Crippen LogP contribution is 2.25. The molecular formula is C17H25ClN6O. The number of carbonyl (C=O) groups excluding carboxylic acids is 1. The molecule has 1 aromatic rings. The Morgan fingerprint density at radius 1 is 1.48 bits per heavy atom. The minimum atomic E-state index is -0.623. The second kappa shape index (κ2) is 8.71. The van der Waals surface area contributed by atoms with Crippen LogP contribution in [0, 0.1) is 0 Å². The van der Waals surface area contributed by atoms with Crippen molar-refractivity contribution in [1.82, 2.24) is 10.2 Å². The van der Waals surface area contributed by atoms with Crippen molar-refractivity contribution in [1.29, 1.82) is 0 Å². The van der Waals surface area contributed by atoms with Gasteiger partial charge in [-0.05, 0) is 43.0 Å². The first kappa shape index (κ1) is 19.1. The van der Waals surface area contributed by atoms with Crippen molar-refractivity contribution in [2.45, 2.75) is 26.2 Å². The van der Waals surface area contributed by atoms with Crippen LogP contribution in [0.2, 0.25) is 5.02 Å². The van der Waals surface area contributed by atoms with Gasteiger partial charge in [0.25, 0.3) is 0 Å². The molecule has 0 atom stereocenters. The molecule has 1 aromatic carbocycles. The van der Waals surface area contributed by atoms with Crippen molar-refractivity contribution >= 4 is 35.2 Å². The van der Waals surface area contributed by atoms with E-state index in [-0.39, 0.29) is 0 Å². The summed E-state index contributed by atoms with van der Waals surface area (Å²) in [6.45, 7) is 3.62. The van der Waals surface area contributed by atoms with Crippen molar-refractivity contribution < 1.29 is 4.79 Å². The highest BCUT2D eigenvalue weighted by Gasteiger charge is 2.24. The van der Waals surface area contributed by atoms with Gasteiger partial charge in [-0.15, -0.1) is 0 Å². The Morgan fingerprint density at radius 3 is 2.88 bits per heavy atom. The van der Waals surface area contributed by atoms with Crippen molar-refractivity contribution in [3.8, 4) is 0 Å². The van der Waals surface area contributed by atoms with E-state index in [1.54, 1.807) is 19.2 Å². The molecule has 2 amide bonds. The van der Waals surface area contributed by atoms with Gasteiger partial charge in [-0.3, -0.25) is 15.3 Å². The maximum atomic E-state index is 12.2. The van der Waals surface area contributed by atoms with Crippen molar-refractivity contribution in [3.05, 3.63) is 28.8 Å². The van der Waals surface area contributed by atoms with E-state index in [9.17, 15) is 4.79 Å². The molecule has 0 fully saturated rings. The lowest BCUT2D eigenvalue weighted by Gasteiger charge is -2.27. The Labute approximate surface area is 153 Å². The largest absolute Gasteiger partial charge is 0.351 e. The number of aryl methyl sites for hydroxylation is 1. The van der Waals surface area contributed by atoms with E-state index in [4.69, 9.17) is 17.3 Å². The van der Waals surface area contributed by atoms with Crippen LogP contribution in [-0.4, -0.2) is 50.0 Å². The molecule has 8 heteroatoms. The summed E-state index contributed by atoms with van der Waals surface area (Å²) < 4.78 is 0. The summed E-state index contributed by atoms with van der Waals surface area (Å²) in [5.41, 5.74) is 7.22. The molecule has 7 nitrogen and oxygen atoms in total. The van der Waals surface area contributed by atoms with Crippen LogP contribution in [0.4, 0.5) is 10.5 Å². The van der Waals surface area contributed by atoms with Gasteiger partial charge in [0.2, 0.25) is 11.9 Å². The third-order valence-electron chi connectivity index (χ3n) is 4.06. The lowest BCUT2D eigenvalue weighted by atomic mass is 10.1. The fraction of sp³-hybridized carbons (Fsp3) is 0.471. The number of primary amides is 1. The number of urea groups is 1. The SMILES string of the molecule is CCc1cc(Cl)ccc1N(C(N)=O)C(=NC)NC1=NCCCCN1C. The number of amides is 2. The van der Waals surface area contributed by atoms with Crippen LogP contribution in [-0.2, 0) is 6.42 Å². The van der Waals surface area contributed by atoms with Crippen molar-refractivity contribution in [2.24, 2.45) is 15.7 Å². The fourth-order valence-electron chi connectivity index (χ4n) is 2.71. The fourth-order valence-corrected chi connectivity index (χ4v) is 2.91. The number of hydrogen-bond acceptors (Lipinski definition) is 4. The monoisotopic (exact) mass is 364 g/mol. The van der Waals surface area contributed by atoms with Crippen molar-refractivity contribution in [3.63, 3.8) is 0 Å². The molecule has 0 unspecified atom stereocenters. The standard InChI is InChI=1S/C17H25ClN6O/c1-4-12-11-13(18)7-8-14(12)24(15(19)25)16(20-2)22-17-21-9-5-6-10-23(17)3/h7-8,11H,4-6,9-10H2,1-3H3,(H2,19,25)(H,20,21,22). The third kappa shape index (κ3) is 4.63. The first-order valence-electron chi connectivity index (χ1n) is 8.35. The number of nitrogens with two attached hydrogens (primary N) is 1. The van der Waals surface area contributed by atoms with E-state index in [1.165, 1.54) is 4.90 Å². The number of hydrogen-bond donors (Lipinski definition) is 2. The second-order valence-electron chi connectivity index (χ2n) is 5.81. The minimum absolute atomic E-state index is 0.331. The van der Waals surface area contributed by atoms with E-state index in [0.29, 0.717) is 29.0 Å². The Balaban J connectivity index is 2.38. The molecule has 3 N–H and O–H groups in total. The molecular weight excluding hydrogens is 340 g/mol. The van der Waals surface area contributed by atoms with E-state index in [2.05, 4.69) is 15.3 Å². The number of anilines is 1. The topological polar surface area (TPSA) is 86.3 Å². The van der Waals surface area contributed by atoms with Crippen LogP contribution in [0.3, 0.4) is 0 Å². The number of carbonyl (C=O) groups is 1. The molecule has 0 radical (unpaired) electrons. The van der Waals surface area contributed by atoms with Gasteiger partial charge in [-0.2, -0.15) is 0 Å². The average molecular weight is 365 g/mol. The molecule has 25 heavy (non-hydrogen) atoms. The maximum Gasteiger partial charge on any atom is 0.326 e. The normalized spacial score (nSPS) is 15.4. The van der Waals surface area contributed by atoms with E-state index in [1.807, 2.05) is 24.9 Å². The van der Waals surface area contributed by atoms with Crippen LogP contribution in [0.1, 0.15) is 25.3 Å². The number of nitrogens with one attached hydrogen (secondary N) is 1. The lowest BCUT2D eigenvalue weighted by Crippen LogP contribution is -2.53. The van der Waals surface area contributed by atoms with Crippen LogP contribution in [0.15, 0.2) is 28.2 Å². The zero-order chi connectivity index (χ0) is 18.4. The summed E-state index contributed by atoms with van der Waals surface area (Å²) >= 11 is 6.08. The summed E-state index contributed by atoms with van der Waals surface area (Å²) in [7, 11) is 3.57. The molecule has 1 aliphatic rings. The molecule has 0 saturated heterocycles. The Morgan fingerprint density at radius 2 is 2.24 bits per heavy atom. The van der Waals surface area contributed by atoms with Gasteiger partial charge in [-0.25, -0.2) is 9.69 Å². The quantitative estimate of drug-likeness (QED) is 0.624. The van der Waals surface area contributed by atoms with Gasteiger partial charge in [0, 0.05) is 32.2 Å². The van der Waals surface area contributed by atoms with Crippen LogP contribution in [0.25, 0.3) is 0 Å². The first-order chi connectivity index (χ1) is 12.0. The Kier molecular flexibility index (Phi) is 6.64. The number of guanidine groups is 2. The molecule has 0 saturated carbocycles. The predicted octanol–water partition coefficient (Wildman–Crippen LogP) is 2.44. The molecule has 0 bridgehead atoms. The lowest BCUT2D eigenvalue weighted by molar-refractivity contribution is 0.256. The van der Waals surface area contributed by atoms with Crippen LogP contribution < -0.4 is 16.0 Å². The maximum absolute atomic E-state index is 12.2. The summed E-state index contributed by atoms with van der Waals surface area (Å²) in [6, 6.07) is 4.71. The van der Waals surface area contributed by atoms with Crippen LogP contribution in [0.5, 0.6) is 0 Å². The predicted molar refractivity (Wildman–Crippen MR) is 104 cm³/mol. The van der Waals surface area contributed by atoms with Gasteiger partial charge in [0.1, 0.15) is 0 Å². The third-order valence-corrected chi connectivity index (χ3v) is 4.29. The van der Waals surface area contributed by atoms with Gasteiger partial charge in [0.05, 0.1) is 5.69 Å². The number of halogens is 1. The van der Waals surface area contributed by atoms with E-state index in [0.717, 1.165) is 31.5 Å². The van der Waals surface area contributed by atoms with Gasteiger partial charge >= 0.3 is 6.03 Å². The summed E-state index contributed by atoms with van der Waals surface area (Å²) in [6.07, 6.45) is 2.81. The number of nitrogens with zero attached hydrogens (tertiary/aromatic N) is 4.